The van der Waals surface area contributed by atoms with Gasteiger partial charge in [-0.3, -0.25) is 10.1 Å². The summed E-state index contributed by atoms with van der Waals surface area (Å²) in [6.45, 7) is 3.58. The molecule has 1 unspecified atom stereocenters. The number of carbonyl (C=O) groups is 1. The highest BCUT2D eigenvalue weighted by atomic mass is 16.6. The van der Waals surface area contributed by atoms with Gasteiger partial charge in [0, 0.05) is 19.3 Å². The summed E-state index contributed by atoms with van der Waals surface area (Å²) >= 11 is 0. The van der Waals surface area contributed by atoms with Gasteiger partial charge in [-0.05, 0) is 25.1 Å². The standard InChI is InChI=1S/C24H29N7O5/c1-2-5-26-20-17-14(8-25)9-27-21(17)30-23(29-20)28-16-4-3-15(18-19(16)36-7-6-35-18)22(34)31-10-24(11-31,12-32)13-33/h3-4,9,20,26-27,32-33H,2,5-7,10-13H2,1H3,(H2,28,29,30). The van der Waals surface area contributed by atoms with Crippen LogP contribution in [-0.2, 0) is 0 Å². The molecule has 3 aliphatic rings. The third-order valence-corrected chi connectivity index (χ3v) is 6.59. The average molecular weight is 496 g/mol. The Morgan fingerprint density at radius 3 is 2.72 bits per heavy atom. The molecular formula is C24H29N7O5. The van der Waals surface area contributed by atoms with Gasteiger partial charge in [-0.1, -0.05) is 6.92 Å². The molecule has 5 rings (SSSR count). The Kier molecular flexibility index (Phi) is 6.44. The van der Waals surface area contributed by atoms with Crippen molar-refractivity contribution in [2.24, 2.45) is 10.4 Å². The number of aliphatic imine (C=N–C) groups is 1. The predicted octanol–water partition coefficient (Wildman–Crippen LogP) is 0.976. The number of carbonyl (C=O) groups excluding carboxylic acids is 1. The number of anilines is 2. The van der Waals surface area contributed by atoms with Gasteiger partial charge in [0.25, 0.3) is 5.91 Å². The summed E-state index contributed by atoms with van der Waals surface area (Å²) in [6.07, 6.45) is 2.14. The van der Waals surface area contributed by atoms with Gasteiger partial charge in [0.05, 0.1) is 41.0 Å². The molecule has 1 fully saturated rings. The Morgan fingerprint density at radius 1 is 1.28 bits per heavy atom. The SMILES string of the molecule is CCCNC1N=C(Nc2ccc(C(=O)N3CC(CO)(CO)C3)c3c2OCCO3)Nc2[nH]cc(C#N)c21. The number of amides is 1. The number of aliphatic hydroxyl groups is 2. The molecule has 0 spiro atoms. The van der Waals surface area contributed by atoms with E-state index in [1.807, 2.05) is 0 Å². The molecule has 12 heteroatoms. The number of nitrogens with one attached hydrogen (secondary N) is 4. The van der Waals surface area contributed by atoms with Crippen LogP contribution in [0.3, 0.4) is 0 Å². The smallest absolute Gasteiger partial charge is 0.257 e. The number of fused-ring (bicyclic) bond motifs is 2. The van der Waals surface area contributed by atoms with Crippen LogP contribution in [0, 0.1) is 16.7 Å². The van der Waals surface area contributed by atoms with Gasteiger partial charge in [-0.15, -0.1) is 0 Å². The number of aromatic nitrogens is 1. The van der Waals surface area contributed by atoms with Gasteiger partial charge in [0.2, 0.25) is 5.96 Å². The fourth-order valence-electron chi connectivity index (χ4n) is 4.61. The minimum atomic E-state index is -0.663. The molecule has 0 radical (unpaired) electrons. The van der Waals surface area contributed by atoms with Crippen molar-refractivity contribution in [2.45, 2.75) is 19.5 Å². The van der Waals surface area contributed by atoms with Gasteiger partial charge in [-0.2, -0.15) is 5.26 Å². The predicted molar refractivity (Wildman–Crippen MR) is 131 cm³/mol. The number of hydrogen-bond acceptors (Lipinski definition) is 10. The number of likely N-dealkylation sites (tertiary alicyclic amines) is 1. The van der Waals surface area contributed by atoms with Crippen molar-refractivity contribution in [3.63, 3.8) is 0 Å². The van der Waals surface area contributed by atoms with E-state index in [-0.39, 0.29) is 32.2 Å². The molecule has 0 bridgehead atoms. The van der Waals surface area contributed by atoms with Gasteiger partial charge in [0.15, 0.2) is 11.5 Å². The Bertz CT molecular complexity index is 1220. The van der Waals surface area contributed by atoms with Crippen molar-refractivity contribution >= 4 is 23.4 Å². The van der Waals surface area contributed by atoms with Crippen LogP contribution < -0.4 is 25.4 Å². The summed E-state index contributed by atoms with van der Waals surface area (Å²) in [4.78, 5) is 22.5. The fourth-order valence-corrected chi connectivity index (χ4v) is 4.61. The van der Waals surface area contributed by atoms with Crippen molar-refractivity contribution in [2.75, 3.05) is 56.7 Å². The molecule has 6 N–H and O–H groups in total. The minimum absolute atomic E-state index is 0.185. The van der Waals surface area contributed by atoms with E-state index >= 15 is 0 Å². The zero-order valence-corrected chi connectivity index (χ0v) is 19.9. The summed E-state index contributed by atoms with van der Waals surface area (Å²) < 4.78 is 11.7. The summed E-state index contributed by atoms with van der Waals surface area (Å²) in [5.74, 6) is 1.60. The van der Waals surface area contributed by atoms with Gasteiger partial charge in [-0.25, -0.2) is 4.99 Å². The number of nitriles is 1. The van der Waals surface area contributed by atoms with Crippen molar-refractivity contribution in [3.8, 4) is 17.6 Å². The number of hydrogen-bond donors (Lipinski definition) is 6. The first kappa shape index (κ1) is 23.9. The summed E-state index contributed by atoms with van der Waals surface area (Å²) in [6, 6.07) is 5.59. The van der Waals surface area contributed by atoms with Gasteiger partial charge < -0.3 is 40.2 Å². The number of guanidine groups is 1. The summed E-state index contributed by atoms with van der Waals surface area (Å²) in [5, 5.41) is 38.3. The van der Waals surface area contributed by atoms with E-state index < -0.39 is 11.6 Å². The number of rotatable bonds is 7. The minimum Gasteiger partial charge on any atom is -0.485 e. The molecular weight excluding hydrogens is 466 g/mol. The van der Waals surface area contributed by atoms with Gasteiger partial charge in [0.1, 0.15) is 31.3 Å². The fraction of sp³-hybridized carbons (Fsp3) is 0.458. The maximum atomic E-state index is 13.2. The molecule has 1 amide bonds. The van der Waals surface area contributed by atoms with E-state index in [4.69, 9.17) is 14.5 Å². The topological polar surface area (TPSA) is 167 Å². The Balaban J connectivity index is 1.40. The van der Waals surface area contributed by atoms with E-state index in [1.165, 1.54) is 0 Å². The zero-order valence-electron chi connectivity index (χ0n) is 19.9. The van der Waals surface area contributed by atoms with Crippen molar-refractivity contribution in [1.29, 1.82) is 5.26 Å². The lowest BCUT2D eigenvalue weighted by molar-refractivity contribution is -0.0590. The molecule has 1 aromatic carbocycles. The normalized spacial score (nSPS) is 19.3. The highest BCUT2D eigenvalue weighted by molar-refractivity contribution is 6.07. The number of H-pyrrole nitrogens is 1. The first-order valence-electron chi connectivity index (χ1n) is 11.9. The number of benzene rings is 1. The first-order chi connectivity index (χ1) is 17.5. The monoisotopic (exact) mass is 495 g/mol. The second-order valence-electron chi connectivity index (χ2n) is 9.18. The molecule has 0 aliphatic carbocycles. The lowest BCUT2D eigenvalue weighted by Crippen LogP contribution is -2.62. The third kappa shape index (κ3) is 4.11. The average Bonchev–Trinajstić information content (AvgIpc) is 3.30. The largest absolute Gasteiger partial charge is 0.485 e. The lowest BCUT2D eigenvalue weighted by Gasteiger charge is -2.48. The second kappa shape index (κ2) is 9.69. The maximum absolute atomic E-state index is 13.2. The van der Waals surface area contributed by atoms with Crippen LogP contribution in [0.4, 0.5) is 11.5 Å². The number of aliphatic hydroxyl groups excluding tert-OH is 2. The van der Waals surface area contributed by atoms with E-state index in [0.29, 0.717) is 53.3 Å². The molecule has 0 saturated carbocycles. The second-order valence-corrected chi connectivity index (χ2v) is 9.18. The van der Waals surface area contributed by atoms with Gasteiger partial charge >= 0.3 is 0 Å². The van der Waals surface area contributed by atoms with Crippen LogP contribution in [0.15, 0.2) is 23.3 Å². The highest BCUT2D eigenvalue weighted by Gasteiger charge is 2.45. The number of ether oxygens (including phenoxy) is 2. The van der Waals surface area contributed by atoms with Crippen LogP contribution in [0.2, 0.25) is 0 Å². The number of aromatic amines is 1. The Hall–Kier alpha value is -3.79. The van der Waals surface area contributed by atoms with E-state index in [1.54, 1.807) is 23.2 Å². The molecule has 1 atom stereocenters. The van der Waals surface area contributed by atoms with Crippen LogP contribution >= 0.6 is 0 Å². The van der Waals surface area contributed by atoms with Crippen LogP contribution in [0.5, 0.6) is 11.5 Å². The zero-order chi connectivity index (χ0) is 25.3. The van der Waals surface area contributed by atoms with E-state index in [0.717, 1.165) is 18.5 Å². The van der Waals surface area contributed by atoms with Crippen LogP contribution in [-0.4, -0.2) is 78.0 Å². The highest BCUT2D eigenvalue weighted by Crippen LogP contribution is 2.43. The third-order valence-electron chi connectivity index (χ3n) is 6.59. The molecule has 12 nitrogen and oxygen atoms in total. The van der Waals surface area contributed by atoms with Crippen molar-refractivity contribution < 1.29 is 24.5 Å². The first-order valence-corrected chi connectivity index (χ1v) is 11.9. The molecule has 190 valence electrons. The summed E-state index contributed by atoms with van der Waals surface area (Å²) in [5.41, 5.74) is 1.54. The Morgan fingerprint density at radius 2 is 2.03 bits per heavy atom. The molecule has 1 saturated heterocycles. The quantitative estimate of drug-likeness (QED) is 0.328. The Labute approximate surface area is 207 Å². The van der Waals surface area contributed by atoms with Crippen LogP contribution in [0.25, 0.3) is 0 Å². The van der Waals surface area contributed by atoms with Crippen molar-refractivity contribution in [1.82, 2.24) is 15.2 Å². The van der Waals surface area contributed by atoms with Crippen molar-refractivity contribution in [3.05, 3.63) is 35.0 Å². The van der Waals surface area contributed by atoms with Crippen LogP contribution in [0.1, 0.15) is 41.0 Å². The molecule has 3 aliphatic heterocycles. The molecule has 36 heavy (non-hydrogen) atoms. The molecule has 2 aromatic rings. The summed E-state index contributed by atoms with van der Waals surface area (Å²) in [7, 11) is 0. The maximum Gasteiger partial charge on any atom is 0.257 e. The lowest BCUT2D eigenvalue weighted by atomic mass is 9.81. The number of nitrogens with zero attached hydrogens (tertiary/aromatic N) is 3. The van der Waals surface area contributed by atoms with E-state index in [2.05, 4.69) is 33.9 Å². The van der Waals surface area contributed by atoms with E-state index in [9.17, 15) is 20.3 Å². The molecule has 4 heterocycles. The molecule has 1 aromatic heterocycles.